The highest BCUT2D eigenvalue weighted by Gasteiger charge is 2.53. The maximum absolute atomic E-state index is 12.8. The van der Waals surface area contributed by atoms with Crippen molar-refractivity contribution >= 4 is 11.6 Å². The third-order valence-corrected chi connectivity index (χ3v) is 8.12. The van der Waals surface area contributed by atoms with Crippen LogP contribution >= 0.6 is 0 Å². The summed E-state index contributed by atoms with van der Waals surface area (Å²) in [4.78, 5) is 28.2. The normalized spacial score (nSPS) is 34.0. The van der Waals surface area contributed by atoms with Gasteiger partial charge in [0.2, 0.25) is 5.91 Å². The van der Waals surface area contributed by atoms with Crippen molar-refractivity contribution in [3.8, 4) is 0 Å². The summed E-state index contributed by atoms with van der Waals surface area (Å²) >= 11 is 0. The van der Waals surface area contributed by atoms with Crippen molar-refractivity contribution in [2.24, 2.45) is 17.8 Å². The van der Waals surface area contributed by atoms with E-state index in [2.05, 4.69) is 10.00 Å². The predicted molar refractivity (Wildman–Crippen MR) is 107 cm³/mol. The highest BCUT2D eigenvalue weighted by molar-refractivity contribution is 5.76. The smallest absolute Gasteiger partial charge is 0.312 e. The minimum absolute atomic E-state index is 0.00987. The molecule has 4 saturated carbocycles. The Kier molecular flexibility index (Phi) is 4.46. The molecule has 1 aromatic heterocycles. The molecule has 1 saturated heterocycles. The maximum atomic E-state index is 12.8. The van der Waals surface area contributed by atoms with Crippen molar-refractivity contribution in [3.05, 3.63) is 21.5 Å². The molecule has 29 heavy (non-hydrogen) atoms. The van der Waals surface area contributed by atoms with Gasteiger partial charge in [0.15, 0.2) is 0 Å². The first kappa shape index (κ1) is 19.0. The number of amides is 1. The zero-order chi connectivity index (χ0) is 20.3. The monoisotopic (exact) mass is 401 g/mol. The highest BCUT2D eigenvalue weighted by atomic mass is 16.6. The van der Waals surface area contributed by atoms with Crippen LogP contribution in [0.15, 0.2) is 0 Å². The van der Waals surface area contributed by atoms with E-state index in [1.807, 2.05) is 4.90 Å². The number of carbonyl (C=O) groups excluding carboxylic acids is 1. The molecule has 8 nitrogen and oxygen atoms in total. The van der Waals surface area contributed by atoms with Gasteiger partial charge >= 0.3 is 5.69 Å². The summed E-state index contributed by atoms with van der Waals surface area (Å²) in [7, 11) is 0. The highest BCUT2D eigenvalue weighted by Crippen LogP contribution is 2.57. The van der Waals surface area contributed by atoms with E-state index in [9.17, 15) is 14.9 Å². The Labute approximate surface area is 171 Å². The summed E-state index contributed by atoms with van der Waals surface area (Å²) in [6.07, 6.45) is 8.44. The summed E-state index contributed by atoms with van der Waals surface area (Å²) in [5, 5.41) is 15.4. The Hall–Kier alpha value is -1.96. The minimum Gasteiger partial charge on any atom is -0.339 e. The summed E-state index contributed by atoms with van der Waals surface area (Å²) in [5.74, 6) is 2.81. The van der Waals surface area contributed by atoms with Crippen LogP contribution in [0.3, 0.4) is 0 Å². The van der Waals surface area contributed by atoms with Crippen LogP contribution in [0, 0.1) is 41.7 Å². The van der Waals surface area contributed by atoms with Gasteiger partial charge in [-0.1, -0.05) is 0 Å². The molecule has 1 aromatic rings. The van der Waals surface area contributed by atoms with Gasteiger partial charge in [0.1, 0.15) is 17.9 Å². The topological polar surface area (TPSA) is 84.5 Å². The average molecular weight is 402 g/mol. The number of hydrogen-bond acceptors (Lipinski definition) is 5. The van der Waals surface area contributed by atoms with Gasteiger partial charge in [-0.15, -0.1) is 0 Å². The number of hydrogen-bond donors (Lipinski definition) is 0. The molecule has 0 N–H and O–H groups in total. The Bertz CT molecular complexity index is 804. The molecule has 0 atom stereocenters. The number of carbonyl (C=O) groups is 1. The van der Waals surface area contributed by atoms with E-state index in [0.29, 0.717) is 16.9 Å². The number of piperazine rings is 1. The van der Waals surface area contributed by atoms with Crippen molar-refractivity contribution < 1.29 is 9.72 Å². The molecule has 4 aliphatic carbocycles. The predicted octanol–water partition coefficient (Wildman–Crippen LogP) is 2.52. The van der Waals surface area contributed by atoms with Gasteiger partial charge < -0.3 is 4.90 Å². The SMILES string of the molecule is Cc1nn(CC(=O)N2CCN(C34CC5CC(CC(C5)C3)C4)CC2)c(C)c1[N+](=O)[O-]. The molecular weight excluding hydrogens is 370 g/mol. The summed E-state index contributed by atoms with van der Waals surface area (Å²) in [5.41, 5.74) is 1.24. The zero-order valence-electron chi connectivity index (χ0n) is 17.5. The third kappa shape index (κ3) is 3.16. The van der Waals surface area contributed by atoms with E-state index in [0.717, 1.165) is 43.9 Å². The molecule has 0 radical (unpaired) electrons. The van der Waals surface area contributed by atoms with Gasteiger partial charge in [0.25, 0.3) is 0 Å². The van der Waals surface area contributed by atoms with Crippen molar-refractivity contribution in [2.75, 3.05) is 26.2 Å². The van der Waals surface area contributed by atoms with Crippen molar-refractivity contribution in [3.63, 3.8) is 0 Å². The maximum Gasteiger partial charge on any atom is 0.312 e. The lowest BCUT2D eigenvalue weighted by Gasteiger charge is -2.61. The first-order valence-electron chi connectivity index (χ1n) is 11.1. The number of aryl methyl sites for hydroxylation is 1. The fourth-order valence-corrected chi connectivity index (χ4v) is 7.22. The van der Waals surface area contributed by atoms with Crippen LogP contribution in [0.1, 0.15) is 49.9 Å². The second-order valence-corrected chi connectivity index (χ2v) is 9.94. The fraction of sp³-hybridized carbons (Fsp3) is 0.810. The van der Waals surface area contributed by atoms with Crippen LogP contribution in [-0.4, -0.2) is 62.1 Å². The Balaban J connectivity index is 1.22. The van der Waals surface area contributed by atoms with E-state index in [1.165, 1.54) is 43.2 Å². The molecule has 2 heterocycles. The Morgan fingerprint density at radius 3 is 2.10 bits per heavy atom. The summed E-state index contributed by atoms with van der Waals surface area (Å²) in [6, 6.07) is 0. The van der Waals surface area contributed by atoms with Crippen LogP contribution in [0.25, 0.3) is 0 Å². The first-order valence-corrected chi connectivity index (χ1v) is 11.1. The number of aromatic nitrogens is 2. The van der Waals surface area contributed by atoms with Gasteiger partial charge in [-0.05, 0) is 70.1 Å². The van der Waals surface area contributed by atoms with E-state index in [1.54, 1.807) is 13.8 Å². The van der Waals surface area contributed by atoms with Crippen LogP contribution < -0.4 is 0 Å². The van der Waals surface area contributed by atoms with Gasteiger partial charge in [-0.3, -0.25) is 24.5 Å². The molecule has 8 heteroatoms. The summed E-state index contributed by atoms with van der Waals surface area (Å²) in [6.45, 7) is 6.78. The Morgan fingerprint density at radius 2 is 1.62 bits per heavy atom. The van der Waals surface area contributed by atoms with E-state index in [4.69, 9.17) is 0 Å². The largest absolute Gasteiger partial charge is 0.339 e. The molecular formula is C21H31N5O3. The molecule has 0 unspecified atom stereocenters. The van der Waals surface area contributed by atoms with Crippen LogP contribution in [0.2, 0.25) is 0 Å². The summed E-state index contributed by atoms with van der Waals surface area (Å²) < 4.78 is 1.49. The number of nitrogens with zero attached hydrogens (tertiary/aromatic N) is 5. The van der Waals surface area contributed by atoms with Crippen LogP contribution in [-0.2, 0) is 11.3 Å². The lowest BCUT2D eigenvalue weighted by atomic mass is 9.52. The van der Waals surface area contributed by atoms with Gasteiger partial charge in [-0.25, -0.2) is 0 Å². The molecule has 4 bridgehead atoms. The fourth-order valence-electron chi connectivity index (χ4n) is 7.22. The molecule has 158 valence electrons. The van der Waals surface area contributed by atoms with E-state index in [-0.39, 0.29) is 18.1 Å². The standard InChI is InChI=1S/C21H31N5O3/c1-14-20(26(28)29)15(2)25(22-14)13-19(27)23-3-5-24(6-4-23)21-10-16-7-17(11-21)9-18(8-16)12-21/h16-18H,3-13H2,1-2H3. The zero-order valence-corrected chi connectivity index (χ0v) is 17.5. The average Bonchev–Trinajstić information content (AvgIpc) is 2.94. The van der Waals surface area contributed by atoms with Gasteiger partial charge in [0, 0.05) is 31.7 Å². The molecule has 5 fully saturated rings. The molecule has 1 amide bonds. The van der Waals surface area contributed by atoms with Crippen LogP contribution in [0.4, 0.5) is 5.69 Å². The second-order valence-electron chi connectivity index (χ2n) is 9.94. The first-order chi connectivity index (χ1) is 13.8. The van der Waals surface area contributed by atoms with Crippen molar-refractivity contribution in [1.82, 2.24) is 19.6 Å². The molecule has 5 aliphatic rings. The number of rotatable bonds is 4. The van der Waals surface area contributed by atoms with Crippen molar-refractivity contribution in [2.45, 2.75) is 64.5 Å². The molecule has 1 aliphatic heterocycles. The van der Waals surface area contributed by atoms with Gasteiger partial charge in [0.05, 0.1) is 4.92 Å². The lowest BCUT2D eigenvalue weighted by Crippen LogP contribution is -2.64. The second kappa shape index (κ2) is 6.79. The molecule has 6 rings (SSSR count). The lowest BCUT2D eigenvalue weighted by molar-refractivity contribution is -0.386. The molecule has 0 spiro atoms. The van der Waals surface area contributed by atoms with Crippen LogP contribution in [0.5, 0.6) is 0 Å². The van der Waals surface area contributed by atoms with E-state index < -0.39 is 4.92 Å². The number of nitro groups is 1. The van der Waals surface area contributed by atoms with Crippen molar-refractivity contribution in [1.29, 1.82) is 0 Å². The quantitative estimate of drug-likeness (QED) is 0.572. The minimum atomic E-state index is -0.414. The molecule has 0 aromatic carbocycles. The van der Waals surface area contributed by atoms with Gasteiger partial charge in [-0.2, -0.15) is 5.10 Å². The van der Waals surface area contributed by atoms with E-state index >= 15 is 0 Å². The third-order valence-electron chi connectivity index (χ3n) is 8.12. The Morgan fingerprint density at radius 1 is 1.07 bits per heavy atom.